The van der Waals surface area contributed by atoms with E-state index >= 15 is 0 Å². The van der Waals surface area contributed by atoms with Gasteiger partial charge in [0.25, 0.3) is 0 Å². The van der Waals surface area contributed by atoms with Gasteiger partial charge in [-0.05, 0) is 36.6 Å². The molecular weight excluding hydrogens is 348 g/mol. The van der Waals surface area contributed by atoms with E-state index in [2.05, 4.69) is 62.6 Å². The number of piperazine rings is 1. The van der Waals surface area contributed by atoms with E-state index in [1.165, 1.54) is 16.5 Å². The lowest BCUT2D eigenvalue weighted by Crippen LogP contribution is -2.46. The average molecular weight is 377 g/mol. The molecule has 2 heterocycles. The van der Waals surface area contributed by atoms with Crippen molar-refractivity contribution in [2.75, 3.05) is 56.6 Å². The van der Waals surface area contributed by atoms with Gasteiger partial charge in [-0.15, -0.1) is 0 Å². The molecule has 0 bridgehead atoms. The summed E-state index contributed by atoms with van der Waals surface area (Å²) in [5, 5.41) is 5.93. The molecule has 1 aliphatic rings. The van der Waals surface area contributed by atoms with Crippen molar-refractivity contribution in [2.24, 2.45) is 0 Å². The van der Waals surface area contributed by atoms with Crippen LogP contribution in [0.25, 0.3) is 10.8 Å². The van der Waals surface area contributed by atoms with E-state index in [0.29, 0.717) is 0 Å². The Hall–Kier alpha value is -2.79. The van der Waals surface area contributed by atoms with Gasteiger partial charge in [-0.3, -0.25) is 4.90 Å². The maximum Gasteiger partial charge on any atom is 0.142 e. The first kappa shape index (κ1) is 18.6. The van der Waals surface area contributed by atoms with Crippen LogP contribution in [-0.2, 0) is 0 Å². The molecule has 1 saturated heterocycles. The van der Waals surface area contributed by atoms with Crippen LogP contribution in [0.15, 0.2) is 60.8 Å². The molecule has 1 fully saturated rings. The van der Waals surface area contributed by atoms with Crippen molar-refractivity contribution in [1.29, 1.82) is 0 Å². The molecule has 0 unspecified atom stereocenters. The molecule has 0 aliphatic carbocycles. The van der Waals surface area contributed by atoms with Gasteiger partial charge in [-0.1, -0.05) is 36.4 Å². The zero-order valence-electron chi connectivity index (χ0n) is 16.5. The molecule has 0 amide bonds. The van der Waals surface area contributed by atoms with Gasteiger partial charge >= 0.3 is 0 Å². The first-order valence-corrected chi connectivity index (χ1v) is 10.0. The van der Waals surface area contributed by atoms with Crippen LogP contribution in [0.2, 0.25) is 0 Å². The second-order valence-electron chi connectivity index (χ2n) is 7.16. The monoisotopic (exact) mass is 376 g/mol. The van der Waals surface area contributed by atoms with E-state index in [0.717, 1.165) is 57.3 Å². The van der Waals surface area contributed by atoms with Crippen LogP contribution in [0.5, 0.6) is 5.75 Å². The van der Waals surface area contributed by atoms with Crippen molar-refractivity contribution in [1.82, 2.24) is 9.88 Å². The number of hydrogen-bond acceptors (Lipinski definition) is 5. The number of ether oxygens (including phenoxy) is 1. The Morgan fingerprint density at radius 2 is 1.75 bits per heavy atom. The third-order valence-corrected chi connectivity index (χ3v) is 5.42. The van der Waals surface area contributed by atoms with Crippen LogP contribution in [0.1, 0.15) is 6.42 Å². The zero-order valence-corrected chi connectivity index (χ0v) is 16.5. The Morgan fingerprint density at radius 1 is 0.964 bits per heavy atom. The highest BCUT2D eigenvalue weighted by Gasteiger charge is 2.19. The maximum absolute atomic E-state index is 5.51. The van der Waals surface area contributed by atoms with Gasteiger partial charge in [0, 0.05) is 44.3 Å². The molecule has 0 radical (unpaired) electrons. The predicted octanol–water partition coefficient (Wildman–Crippen LogP) is 3.87. The summed E-state index contributed by atoms with van der Waals surface area (Å²) in [6.07, 6.45) is 2.99. The first-order chi connectivity index (χ1) is 13.8. The number of para-hydroxylation sites is 2. The van der Waals surface area contributed by atoms with E-state index < -0.39 is 0 Å². The zero-order chi connectivity index (χ0) is 19.2. The number of pyridine rings is 1. The van der Waals surface area contributed by atoms with E-state index in [9.17, 15) is 0 Å². The number of anilines is 2. The fraction of sp³-hybridized carbons (Fsp3) is 0.348. The van der Waals surface area contributed by atoms with E-state index in [1.807, 2.05) is 18.3 Å². The predicted molar refractivity (Wildman–Crippen MR) is 116 cm³/mol. The van der Waals surface area contributed by atoms with Crippen LogP contribution in [0, 0.1) is 0 Å². The summed E-state index contributed by atoms with van der Waals surface area (Å²) in [5.41, 5.74) is 1.20. The van der Waals surface area contributed by atoms with Crippen molar-refractivity contribution in [3.8, 4) is 5.75 Å². The Morgan fingerprint density at radius 3 is 2.61 bits per heavy atom. The summed E-state index contributed by atoms with van der Waals surface area (Å²) in [6.45, 7) is 6.30. The van der Waals surface area contributed by atoms with Gasteiger partial charge in [-0.25, -0.2) is 4.98 Å². The number of nitrogens with zero attached hydrogens (tertiary/aromatic N) is 3. The third kappa shape index (κ3) is 4.20. The molecule has 1 N–H and O–H groups in total. The fourth-order valence-corrected chi connectivity index (χ4v) is 3.87. The number of fused-ring (bicyclic) bond motifs is 1. The van der Waals surface area contributed by atoms with E-state index in [4.69, 9.17) is 4.74 Å². The van der Waals surface area contributed by atoms with Crippen LogP contribution >= 0.6 is 0 Å². The van der Waals surface area contributed by atoms with Crippen molar-refractivity contribution < 1.29 is 4.74 Å². The van der Waals surface area contributed by atoms with Gasteiger partial charge in [-0.2, -0.15) is 0 Å². The Bertz CT molecular complexity index is 901. The molecule has 0 saturated carbocycles. The molecule has 1 aromatic heterocycles. The molecule has 2 aromatic carbocycles. The summed E-state index contributed by atoms with van der Waals surface area (Å²) in [5.74, 6) is 1.95. The SMILES string of the molecule is COc1ccccc1N1CCN(CCCNc2nccc3ccccc23)CC1. The lowest BCUT2D eigenvalue weighted by atomic mass is 10.1. The molecule has 146 valence electrons. The largest absolute Gasteiger partial charge is 0.495 e. The molecule has 4 rings (SSSR count). The smallest absolute Gasteiger partial charge is 0.142 e. The van der Waals surface area contributed by atoms with Crippen LogP contribution in [0.4, 0.5) is 11.5 Å². The van der Waals surface area contributed by atoms with Crippen LogP contribution in [-0.4, -0.2) is 56.3 Å². The van der Waals surface area contributed by atoms with Crippen molar-refractivity contribution in [2.45, 2.75) is 6.42 Å². The second-order valence-corrected chi connectivity index (χ2v) is 7.16. The Kier molecular flexibility index (Phi) is 5.92. The number of nitrogens with one attached hydrogen (secondary N) is 1. The van der Waals surface area contributed by atoms with Gasteiger partial charge in [0.15, 0.2) is 0 Å². The molecule has 0 atom stereocenters. The Balaban J connectivity index is 1.24. The Labute approximate surface area is 166 Å². The van der Waals surface area contributed by atoms with Crippen LogP contribution < -0.4 is 15.0 Å². The van der Waals surface area contributed by atoms with E-state index in [-0.39, 0.29) is 0 Å². The molecular formula is C23H28N4O. The van der Waals surface area contributed by atoms with Crippen LogP contribution in [0.3, 0.4) is 0 Å². The van der Waals surface area contributed by atoms with Gasteiger partial charge in [0.2, 0.25) is 0 Å². The summed E-state index contributed by atoms with van der Waals surface area (Å²) < 4.78 is 5.51. The summed E-state index contributed by atoms with van der Waals surface area (Å²) in [4.78, 5) is 9.48. The fourth-order valence-electron chi connectivity index (χ4n) is 3.87. The number of rotatable bonds is 7. The topological polar surface area (TPSA) is 40.6 Å². The lowest BCUT2D eigenvalue weighted by molar-refractivity contribution is 0.256. The second kappa shape index (κ2) is 8.93. The highest BCUT2D eigenvalue weighted by Crippen LogP contribution is 2.28. The normalized spacial score (nSPS) is 15.0. The van der Waals surface area contributed by atoms with Gasteiger partial charge in [0.1, 0.15) is 11.6 Å². The number of aromatic nitrogens is 1. The quantitative estimate of drug-likeness (QED) is 0.634. The standard InChI is InChI=1S/C23H28N4O/c1-28-22-10-5-4-9-21(22)27-17-15-26(16-18-27)14-6-12-24-23-20-8-3-2-7-19(20)11-13-25-23/h2-5,7-11,13H,6,12,14-18H2,1H3,(H,24,25). The van der Waals surface area contributed by atoms with Crippen molar-refractivity contribution in [3.63, 3.8) is 0 Å². The molecule has 5 heteroatoms. The molecule has 3 aromatic rings. The third-order valence-electron chi connectivity index (χ3n) is 5.42. The molecule has 28 heavy (non-hydrogen) atoms. The van der Waals surface area contributed by atoms with Crippen molar-refractivity contribution >= 4 is 22.3 Å². The molecule has 0 spiro atoms. The maximum atomic E-state index is 5.51. The number of hydrogen-bond donors (Lipinski definition) is 1. The molecule has 1 aliphatic heterocycles. The van der Waals surface area contributed by atoms with Gasteiger partial charge in [0.05, 0.1) is 12.8 Å². The summed E-state index contributed by atoms with van der Waals surface area (Å²) >= 11 is 0. The minimum absolute atomic E-state index is 0.938. The average Bonchev–Trinajstić information content (AvgIpc) is 2.77. The minimum atomic E-state index is 0.938. The van der Waals surface area contributed by atoms with Crippen molar-refractivity contribution in [3.05, 3.63) is 60.8 Å². The molecule has 5 nitrogen and oxygen atoms in total. The number of methoxy groups -OCH3 is 1. The highest BCUT2D eigenvalue weighted by molar-refractivity contribution is 5.91. The first-order valence-electron chi connectivity index (χ1n) is 10.0. The van der Waals surface area contributed by atoms with Gasteiger partial charge < -0.3 is 15.0 Å². The number of benzene rings is 2. The minimum Gasteiger partial charge on any atom is -0.495 e. The summed E-state index contributed by atoms with van der Waals surface area (Å²) in [7, 11) is 1.74. The van der Waals surface area contributed by atoms with E-state index in [1.54, 1.807) is 7.11 Å². The summed E-state index contributed by atoms with van der Waals surface area (Å²) in [6, 6.07) is 18.7. The lowest BCUT2D eigenvalue weighted by Gasteiger charge is -2.36. The highest BCUT2D eigenvalue weighted by atomic mass is 16.5.